The molecule has 0 aliphatic carbocycles. The molecule has 3 heterocycles. The summed E-state index contributed by atoms with van der Waals surface area (Å²) in [7, 11) is 0. The molecule has 1 aromatic heterocycles. The number of aryl methyl sites for hydroxylation is 2. The van der Waals surface area contributed by atoms with Crippen molar-refractivity contribution < 1.29 is 4.42 Å². The molecule has 28 heavy (non-hydrogen) atoms. The Bertz CT molecular complexity index is 1070. The lowest BCUT2D eigenvalue weighted by Gasteiger charge is -2.27. The smallest absolute Gasteiger partial charge is 0.199 e. The molecule has 0 bridgehead atoms. The zero-order chi connectivity index (χ0) is 18.9. The minimum absolute atomic E-state index is 0.0125. The van der Waals surface area contributed by atoms with Gasteiger partial charge in [0.1, 0.15) is 5.76 Å². The minimum Gasteiger partial charge on any atom is -0.440 e. The van der Waals surface area contributed by atoms with E-state index in [1.165, 1.54) is 27.3 Å². The molecule has 0 N–H and O–H groups in total. The van der Waals surface area contributed by atoms with Crippen LogP contribution in [0, 0.1) is 0 Å². The number of rotatable bonds is 2. The second-order valence-electron chi connectivity index (χ2n) is 7.55. The van der Waals surface area contributed by atoms with Crippen molar-refractivity contribution in [3.63, 3.8) is 0 Å². The summed E-state index contributed by atoms with van der Waals surface area (Å²) in [5, 5.41) is 0. The maximum Gasteiger partial charge on any atom is 0.199 e. The van der Waals surface area contributed by atoms with Gasteiger partial charge < -0.3 is 9.32 Å². The molecule has 1 fully saturated rings. The Hall–Kier alpha value is -2.46. The second-order valence-corrected chi connectivity index (χ2v) is 8.60. The maximum absolute atomic E-state index is 12.5. The monoisotopic (exact) mass is 389 g/mol. The Morgan fingerprint density at radius 2 is 1.64 bits per heavy atom. The average molecular weight is 390 g/mol. The van der Waals surface area contributed by atoms with Crippen LogP contribution in [-0.2, 0) is 12.8 Å². The molecule has 0 saturated carbocycles. The molecular weight excluding hydrogens is 366 g/mol. The maximum atomic E-state index is 12.5. The number of hydrogen-bond acceptors (Lipinski definition) is 4. The van der Waals surface area contributed by atoms with Gasteiger partial charge in [-0.15, -0.1) is 0 Å². The molecule has 1 saturated heterocycles. The van der Waals surface area contributed by atoms with E-state index in [0.717, 1.165) is 44.3 Å². The highest BCUT2D eigenvalue weighted by Crippen LogP contribution is 2.42. The third kappa shape index (κ3) is 3.37. The van der Waals surface area contributed by atoms with Crippen molar-refractivity contribution in [1.82, 2.24) is 0 Å². The Morgan fingerprint density at radius 1 is 0.857 bits per heavy atom. The number of fused-ring (bicyclic) bond motifs is 2. The second kappa shape index (κ2) is 7.51. The summed E-state index contributed by atoms with van der Waals surface area (Å²) in [5.74, 6) is 1.38. The standard InChI is InChI=1S/C24H23NO2S/c26-19-15-21(27-23(16-19)25-13-4-1-5-14-25)20-9-6-8-18-12-11-17-7-2-3-10-22(17)28-24(18)20/h2-3,6-10,15-16H,1,4-5,11-14H2. The fourth-order valence-electron chi connectivity index (χ4n) is 4.15. The fourth-order valence-corrected chi connectivity index (χ4v) is 5.40. The van der Waals surface area contributed by atoms with Crippen molar-refractivity contribution in [3.05, 3.63) is 75.9 Å². The van der Waals surface area contributed by atoms with Crippen LogP contribution in [0.3, 0.4) is 0 Å². The van der Waals surface area contributed by atoms with E-state index in [9.17, 15) is 4.79 Å². The van der Waals surface area contributed by atoms with Crippen molar-refractivity contribution in [2.24, 2.45) is 0 Å². The van der Waals surface area contributed by atoms with Crippen LogP contribution in [0.15, 0.2) is 73.6 Å². The van der Waals surface area contributed by atoms with Crippen molar-refractivity contribution in [2.75, 3.05) is 18.0 Å². The summed E-state index contributed by atoms with van der Waals surface area (Å²) in [4.78, 5) is 17.2. The van der Waals surface area contributed by atoms with Gasteiger partial charge in [-0.3, -0.25) is 4.79 Å². The number of anilines is 1. The highest BCUT2D eigenvalue weighted by atomic mass is 32.2. The Labute approximate surface area is 169 Å². The van der Waals surface area contributed by atoms with Crippen LogP contribution >= 0.6 is 11.8 Å². The first kappa shape index (κ1) is 17.6. The lowest BCUT2D eigenvalue weighted by Crippen LogP contribution is -2.30. The minimum atomic E-state index is 0.0125. The molecule has 3 nitrogen and oxygen atoms in total. The van der Waals surface area contributed by atoms with Crippen LogP contribution in [0.2, 0.25) is 0 Å². The van der Waals surface area contributed by atoms with E-state index in [1.54, 1.807) is 23.9 Å². The highest BCUT2D eigenvalue weighted by molar-refractivity contribution is 7.99. The Balaban J connectivity index is 1.60. The van der Waals surface area contributed by atoms with Crippen LogP contribution in [-0.4, -0.2) is 13.1 Å². The van der Waals surface area contributed by atoms with Gasteiger partial charge in [-0.05, 0) is 49.3 Å². The molecule has 0 unspecified atom stereocenters. The van der Waals surface area contributed by atoms with E-state index in [2.05, 4.69) is 47.4 Å². The van der Waals surface area contributed by atoms with Crippen LogP contribution in [0.1, 0.15) is 30.4 Å². The predicted molar refractivity (Wildman–Crippen MR) is 114 cm³/mol. The zero-order valence-corrected chi connectivity index (χ0v) is 16.6. The van der Waals surface area contributed by atoms with Crippen molar-refractivity contribution in [1.29, 1.82) is 0 Å². The molecule has 142 valence electrons. The molecular formula is C24H23NO2S. The summed E-state index contributed by atoms with van der Waals surface area (Å²) in [5.41, 5.74) is 3.75. The van der Waals surface area contributed by atoms with Crippen LogP contribution in [0.5, 0.6) is 0 Å². The van der Waals surface area contributed by atoms with Gasteiger partial charge in [0.15, 0.2) is 11.3 Å². The van der Waals surface area contributed by atoms with Crippen molar-refractivity contribution >= 4 is 17.6 Å². The van der Waals surface area contributed by atoms with Gasteiger partial charge >= 0.3 is 0 Å². The number of benzene rings is 2. The Kier molecular flexibility index (Phi) is 4.73. The van der Waals surface area contributed by atoms with E-state index in [0.29, 0.717) is 11.6 Å². The molecule has 4 heteroatoms. The average Bonchev–Trinajstić information content (AvgIpc) is 2.93. The van der Waals surface area contributed by atoms with Gasteiger partial charge in [0.05, 0.1) is 0 Å². The number of nitrogens with zero attached hydrogens (tertiary/aromatic N) is 1. The third-order valence-corrected chi connectivity index (χ3v) is 6.94. The van der Waals surface area contributed by atoms with Gasteiger partial charge in [0.25, 0.3) is 0 Å². The molecule has 3 aromatic rings. The van der Waals surface area contributed by atoms with Crippen LogP contribution < -0.4 is 10.3 Å². The molecule has 2 aromatic carbocycles. The molecule has 5 rings (SSSR count). The lowest BCUT2D eigenvalue weighted by molar-refractivity contribution is 0.497. The highest BCUT2D eigenvalue weighted by Gasteiger charge is 2.20. The first-order chi connectivity index (χ1) is 13.8. The van der Waals surface area contributed by atoms with E-state index in [-0.39, 0.29) is 5.43 Å². The van der Waals surface area contributed by atoms with Gasteiger partial charge in [0.2, 0.25) is 0 Å². The van der Waals surface area contributed by atoms with Crippen LogP contribution in [0.4, 0.5) is 5.88 Å². The predicted octanol–water partition coefficient (Wildman–Crippen LogP) is 5.55. The molecule has 0 radical (unpaired) electrons. The fraction of sp³-hybridized carbons (Fsp3) is 0.292. The van der Waals surface area contributed by atoms with Gasteiger partial charge in [-0.25, -0.2) is 0 Å². The first-order valence-corrected chi connectivity index (χ1v) is 10.9. The zero-order valence-electron chi connectivity index (χ0n) is 15.8. The van der Waals surface area contributed by atoms with Gasteiger partial charge in [-0.1, -0.05) is 48.2 Å². The first-order valence-electron chi connectivity index (χ1n) is 10.1. The van der Waals surface area contributed by atoms with Crippen LogP contribution in [0.25, 0.3) is 11.3 Å². The summed E-state index contributed by atoms with van der Waals surface area (Å²) in [6.07, 6.45) is 5.60. The normalized spacial score (nSPS) is 16.2. The molecule has 2 aliphatic rings. The third-order valence-electron chi connectivity index (χ3n) is 5.63. The van der Waals surface area contributed by atoms with E-state index in [4.69, 9.17) is 4.42 Å². The van der Waals surface area contributed by atoms with E-state index >= 15 is 0 Å². The molecule has 2 aliphatic heterocycles. The van der Waals surface area contributed by atoms with Crippen molar-refractivity contribution in [3.8, 4) is 11.3 Å². The Morgan fingerprint density at radius 3 is 2.54 bits per heavy atom. The topological polar surface area (TPSA) is 33.5 Å². The summed E-state index contributed by atoms with van der Waals surface area (Å²) in [6.45, 7) is 1.92. The number of piperidine rings is 1. The molecule has 0 spiro atoms. The van der Waals surface area contributed by atoms with E-state index < -0.39 is 0 Å². The van der Waals surface area contributed by atoms with Gasteiger partial charge in [0, 0.05) is 40.6 Å². The van der Waals surface area contributed by atoms with Gasteiger partial charge in [-0.2, -0.15) is 0 Å². The summed E-state index contributed by atoms with van der Waals surface area (Å²) >= 11 is 1.80. The molecule has 0 atom stereocenters. The van der Waals surface area contributed by atoms with Crippen molar-refractivity contribution in [2.45, 2.75) is 41.9 Å². The quantitative estimate of drug-likeness (QED) is 0.576. The SMILES string of the molecule is O=c1cc(-c2cccc3c2Sc2ccccc2CC3)oc(N2CCCCC2)c1. The summed E-state index contributed by atoms with van der Waals surface area (Å²) < 4.78 is 6.29. The van der Waals surface area contributed by atoms with E-state index in [1.807, 2.05) is 0 Å². The number of hydrogen-bond donors (Lipinski definition) is 0. The molecule has 0 amide bonds. The lowest BCUT2D eigenvalue weighted by atomic mass is 10.0. The largest absolute Gasteiger partial charge is 0.440 e. The summed E-state index contributed by atoms with van der Waals surface area (Å²) in [6, 6.07) is 18.2.